The highest BCUT2D eigenvalue weighted by atomic mass is 19.1. The number of rotatable bonds is 3. The number of fused-ring (bicyclic) bond motifs is 1. The highest BCUT2D eigenvalue weighted by molar-refractivity contribution is 5.99. The van der Waals surface area contributed by atoms with Crippen LogP contribution in [0.15, 0.2) is 24.4 Å². The van der Waals surface area contributed by atoms with Gasteiger partial charge < -0.3 is 15.8 Å². The van der Waals surface area contributed by atoms with Crippen LogP contribution in [-0.2, 0) is 4.74 Å². The molecule has 1 atom stereocenters. The molecule has 1 saturated heterocycles. The second-order valence-electron chi connectivity index (χ2n) is 4.73. The normalized spacial score (nSPS) is 18.9. The predicted molar refractivity (Wildman–Crippen MR) is 73.6 cm³/mol. The van der Waals surface area contributed by atoms with Crippen LogP contribution in [0.4, 0.5) is 15.9 Å². The monoisotopic (exact) mass is 261 g/mol. The number of pyridine rings is 1. The summed E-state index contributed by atoms with van der Waals surface area (Å²) in [7, 11) is 0. The molecule has 1 aromatic carbocycles. The van der Waals surface area contributed by atoms with Gasteiger partial charge in [-0.05, 0) is 31.0 Å². The van der Waals surface area contributed by atoms with Gasteiger partial charge in [0, 0.05) is 30.4 Å². The van der Waals surface area contributed by atoms with E-state index in [9.17, 15) is 4.39 Å². The average Bonchev–Trinajstić information content (AvgIpc) is 2.94. The van der Waals surface area contributed by atoms with Crippen LogP contribution in [0.25, 0.3) is 10.8 Å². The Kier molecular flexibility index (Phi) is 3.21. The van der Waals surface area contributed by atoms with E-state index in [1.807, 2.05) is 0 Å². The molecule has 100 valence electrons. The molecule has 1 aliphatic rings. The summed E-state index contributed by atoms with van der Waals surface area (Å²) < 4.78 is 19.5. The Morgan fingerprint density at radius 2 is 2.32 bits per heavy atom. The number of nitrogens with two attached hydrogens (primary N) is 1. The Balaban J connectivity index is 1.92. The predicted octanol–water partition coefficient (Wildman–Crippen LogP) is 2.55. The van der Waals surface area contributed by atoms with Crippen molar-refractivity contribution < 1.29 is 9.13 Å². The largest absolute Gasteiger partial charge is 0.398 e. The number of hydrogen-bond acceptors (Lipinski definition) is 4. The second-order valence-corrected chi connectivity index (χ2v) is 4.73. The molecule has 0 radical (unpaired) electrons. The Morgan fingerprint density at radius 3 is 3.11 bits per heavy atom. The maximum atomic E-state index is 14.0. The highest BCUT2D eigenvalue weighted by Crippen LogP contribution is 2.28. The molecule has 19 heavy (non-hydrogen) atoms. The summed E-state index contributed by atoms with van der Waals surface area (Å²) in [5, 5.41) is 4.30. The Morgan fingerprint density at radius 1 is 1.42 bits per heavy atom. The van der Waals surface area contributed by atoms with E-state index in [2.05, 4.69) is 10.3 Å². The molecule has 5 heteroatoms. The summed E-state index contributed by atoms with van der Waals surface area (Å²) in [5.74, 6) is 0.213. The fourth-order valence-electron chi connectivity index (χ4n) is 2.43. The van der Waals surface area contributed by atoms with Crippen LogP contribution in [0.2, 0.25) is 0 Å². The SMILES string of the molecule is Nc1ccc(F)c2c(NCC3CCCO3)nccc12. The van der Waals surface area contributed by atoms with Crippen LogP contribution in [-0.4, -0.2) is 24.2 Å². The maximum Gasteiger partial charge on any atom is 0.136 e. The topological polar surface area (TPSA) is 60.2 Å². The zero-order valence-electron chi connectivity index (χ0n) is 10.5. The molecule has 4 nitrogen and oxygen atoms in total. The van der Waals surface area contributed by atoms with Crippen molar-refractivity contribution in [1.82, 2.24) is 4.98 Å². The lowest BCUT2D eigenvalue weighted by molar-refractivity contribution is 0.120. The average molecular weight is 261 g/mol. The molecular weight excluding hydrogens is 245 g/mol. The minimum atomic E-state index is -0.313. The summed E-state index contributed by atoms with van der Waals surface area (Å²) in [5.41, 5.74) is 6.42. The minimum Gasteiger partial charge on any atom is -0.398 e. The third-order valence-corrected chi connectivity index (χ3v) is 3.43. The van der Waals surface area contributed by atoms with Gasteiger partial charge in [-0.2, -0.15) is 0 Å². The first kappa shape index (κ1) is 12.2. The van der Waals surface area contributed by atoms with Gasteiger partial charge in [0.1, 0.15) is 11.6 Å². The van der Waals surface area contributed by atoms with Crippen molar-refractivity contribution in [2.75, 3.05) is 24.2 Å². The molecule has 1 aliphatic heterocycles. The van der Waals surface area contributed by atoms with E-state index in [0.717, 1.165) is 19.4 Å². The molecule has 3 rings (SSSR count). The summed E-state index contributed by atoms with van der Waals surface area (Å²) in [6.45, 7) is 1.44. The van der Waals surface area contributed by atoms with Gasteiger partial charge in [0.15, 0.2) is 0 Å². The molecule has 1 fully saturated rings. The van der Waals surface area contributed by atoms with E-state index >= 15 is 0 Å². The number of ether oxygens (including phenoxy) is 1. The van der Waals surface area contributed by atoms with Gasteiger partial charge in [-0.15, -0.1) is 0 Å². The van der Waals surface area contributed by atoms with Crippen molar-refractivity contribution in [2.45, 2.75) is 18.9 Å². The lowest BCUT2D eigenvalue weighted by Gasteiger charge is -2.13. The van der Waals surface area contributed by atoms with Crippen LogP contribution < -0.4 is 11.1 Å². The lowest BCUT2D eigenvalue weighted by atomic mass is 10.1. The van der Waals surface area contributed by atoms with Crippen LogP contribution in [0.1, 0.15) is 12.8 Å². The van der Waals surface area contributed by atoms with E-state index in [0.29, 0.717) is 28.8 Å². The van der Waals surface area contributed by atoms with Gasteiger partial charge in [-0.3, -0.25) is 0 Å². The van der Waals surface area contributed by atoms with E-state index in [1.54, 1.807) is 18.3 Å². The van der Waals surface area contributed by atoms with Crippen molar-refractivity contribution in [3.05, 3.63) is 30.2 Å². The van der Waals surface area contributed by atoms with Crippen LogP contribution in [0.3, 0.4) is 0 Å². The minimum absolute atomic E-state index is 0.182. The summed E-state index contributed by atoms with van der Waals surface area (Å²) in [6.07, 6.45) is 3.93. The van der Waals surface area contributed by atoms with Crippen LogP contribution in [0, 0.1) is 5.82 Å². The smallest absolute Gasteiger partial charge is 0.136 e. The zero-order valence-corrected chi connectivity index (χ0v) is 10.5. The first-order chi connectivity index (χ1) is 9.25. The molecule has 0 saturated carbocycles. The number of hydrogen-bond donors (Lipinski definition) is 2. The van der Waals surface area contributed by atoms with Gasteiger partial charge in [-0.25, -0.2) is 9.37 Å². The molecule has 0 spiro atoms. The lowest BCUT2D eigenvalue weighted by Crippen LogP contribution is -2.19. The molecule has 0 amide bonds. The quantitative estimate of drug-likeness (QED) is 0.834. The molecule has 3 N–H and O–H groups in total. The second kappa shape index (κ2) is 5.01. The van der Waals surface area contributed by atoms with Crippen LogP contribution >= 0.6 is 0 Å². The molecule has 2 aromatic rings. The molecule has 1 unspecified atom stereocenters. The Bertz CT molecular complexity index is 597. The van der Waals surface area contributed by atoms with E-state index in [1.165, 1.54) is 6.07 Å². The molecular formula is C14H16FN3O. The van der Waals surface area contributed by atoms with Gasteiger partial charge in [0.2, 0.25) is 0 Å². The van der Waals surface area contributed by atoms with Gasteiger partial charge in [0.25, 0.3) is 0 Å². The van der Waals surface area contributed by atoms with Crippen LogP contribution in [0.5, 0.6) is 0 Å². The van der Waals surface area contributed by atoms with Crippen molar-refractivity contribution in [3.8, 4) is 0 Å². The van der Waals surface area contributed by atoms with Gasteiger partial charge >= 0.3 is 0 Å². The number of nitrogens with zero attached hydrogens (tertiary/aromatic N) is 1. The van der Waals surface area contributed by atoms with Gasteiger partial charge in [-0.1, -0.05) is 0 Å². The number of anilines is 2. The Labute approximate surface area is 110 Å². The van der Waals surface area contributed by atoms with Crippen molar-refractivity contribution in [1.29, 1.82) is 0 Å². The molecule has 2 heterocycles. The van der Waals surface area contributed by atoms with Crippen molar-refractivity contribution in [3.63, 3.8) is 0 Å². The zero-order chi connectivity index (χ0) is 13.2. The maximum absolute atomic E-state index is 14.0. The number of halogens is 1. The number of benzene rings is 1. The van der Waals surface area contributed by atoms with E-state index in [4.69, 9.17) is 10.5 Å². The highest BCUT2D eigenvalue weighted by Gasteiger charge is 2.16. The number of nitrogens with one attached hydrogen (secondary N) is 1. The first-order valence-corrected chi connectivity index (χ1v) is 6.44. The number of aromatic nitrogens is 1. The van der Waals surface area contributed by atoms with E-state index in [-0.39, 0.29) is 11.9 Å². The standard InChI is InChI=1S/C14H16FN3O/c15-11-3-4-12(16)10-5-6-17-14(13(10)11)18-8-9-2-1-7-19-9/h3-6,9H,1-2,7-8,16H2,(H,17,18). The molecule has 1 aromatic heterocycles. The number of nitrogen functional groups attached to an aromatic ring is 1. The third kappa shape index (κ3) is 2.33. The first-order valence-electron chi connectivity index (χ1n) is 6.44. The molecule has 0 bridgehead atoms. The fraction of sp³-hybridized carbons (Fsp3) is 0.357. The Hall–Kier alpha value is -1.88. The van der Waals surface area contributed by atoms with E-state index < -0.39 is 0 Å². The summed E-state index contributed by atoms with van der Waals surface area (Å²) in [4.78, 5) is 4.21. The van der Waals surface area contributed by atoms with Crippen molar-refractivity contribution >= 4 is 22.3 Å². The third-order valence-electron chi connectivity index (χ3n) is 3.43. The fourth-order valence-corrected chi connectivity index (χ4v) is 2.43. The summed E-state index contributed by atoms with van der Waals surface area (Å²) >= 11 is 0. The summed E-state index contributed by atoms with van der Waals surface area (Å²) in [6, 6.07) is 4.67. The molecule has 0 aliphatic carbocycles. The van der Waals surface area contributed by atoms with Gasteiger partial charge in [0.05, 0.1) is 11.5 Å². The van der Waals surface area contributed by atoms with Crippen molar-refractivity contribution in [2.24, 2.45) is 0 Å².